The Bertz CT molecular complexity index is 1700. The monoisotopic (exact) mass is 703 g/mol. The number of pyridine rings is 1. The summed E-state index contributed by atoms with van der Waals surface area (Å²) in [5.41, 5.74) is 1.87. The SMILES string of the molecule is CCN(C(=O)c1cc(F)ccc1Oc1cncnc1N1CCC(Oc2ccnc3c2CN(C2CC(NC(=O)OC(C)(C)C)C2)CC3)CC1)C(C)C. The van der Waals surface area contributed by atoms with Gasteiger partial charge in [0.1, 0.15) is 35.3 Å². The Balaban J connectivity index is 1.07. The second kappa shape index (κ2) is 15.4. The van der Waals surface area contributed by atoms with E-state index in [9.17, 15) is 14.0 Å². The van der Waals surface area contributed by atoms with Crippen molar-refractivity contribution in [3.63, 3.8) is 0 Å². The fraction of sp³-hybridized carbons (Fsp3) is 0.553. The Kier molecular flexibility index (Phi) is 10.9. The van der Waals surface area contributed by atoms with Crippen molar-refractivity contribution in [2.24, 2.45) is 0 Å². The van der Waals surface area contributed by atoms with Crippen molar-refractivity contribution in [2.45, 2.75) is 110 Å². The third kappa shape index (κ3) is 8.69. The summed E-state index contributed by atoms with van der Waals surface area (Å²) in [6.45, 7) is 14.9. The molecule has 3 aliphatic rings. The van der Waals surface area contributed by atoms with E-state index in [1.165, 1.54) is 24.5 Å². The van der Waals surface area contributed by atoms with E-state index < -0.39 is 11.4 Å². The number of hydrogen-bond acceptors (Lipinski definition) is 10. The van der Waals surface area contributed by atoms with E-state index in [-0.39, 0.29) is 41.5 Å². The fourth-order valence-electron chi connectivity index (χ4n) is 7.09. The number of hydrogen-bond donors (Lipinski definition) is 1. The second-order valence-electron chi connectivity index (χ2n) is 14.9. The van der Waals surface area contributed by atoms with Crippen molar-refractivity contribution in [1.82, 2.24) is 30.1 Å². The smallest absolute Gasteiger partial charge is 0.407 e. The number of alkyl carbamates (subject to hydrolysis) is 1. The Hall–Kier alpha value is -4.52. The van der Waals surface area contributed by atoms with Gasteiger partial charge in [-0.05, 0) is 78.6 Å². The highest BCUT2D eigenvalue weighted by atomic mass is 19.1. The van der Waals surface area contributed by atoms with Gasteiger partial charge in [-0.3, -0.25) is 14.7 Å². The number of aromatic nitrogens is 3. The van der Waals surface area contributed by atoms with Crippen molar-refractivity contribution < 1.29 is 28.2 Å². The quantitative estimate of drug-likeness (QED) is 0.264. The van der Waals surface area contributed by atoms with E-state index in [2.05, 4.69) is 30.1 Å². The number of ether oxygens (including phenoxy) is 3. The summed E-state index contributed by atoms with van der Waals surface area (Å²) in [4.78, 5) is 45.3. The molecule has 0 bridgehead atoms. The molecule has 1 saturated heterocycles. The molecule has 51 heavy (non-hydrogen) atoms. The van der Waals surface area contributed by atoms with E-state index in [4.69, 9.17) is 14.2 Å². The van der Waals surface area contributed by atoms with Crippen molar-refractivity contribution in [1.29, 1.82) is 0 Å². The number of benzene rings is 1. The number of carbonyl (C=O) groups excluding carboxylic acids is 2. The molecule has 4 heterocycles. The fourth-order valence-corrected chi connectivity index (χ4v) is 7.09. The molecule has 1 aliphatic carbocycles. The molecular weight excluding hydrogens is 653 g/mol. The van der Waals surface area contributed by atoms with Crippen LogP contribution in [-0.4, -0.2) is 92.8 Å². The van der Waals surface area contributed by atoms with Crippen LogP contribution >= 0.6 is 0 Å². The minimum atomic E-state index is -0.514. The van der Waals surface area contributed by atoms with Gasteiger partial charge >= 0.3 is 6.09 Å². The summed E-state index contributed by atoms with van der Waals surface area (Å²) in [6, 6.07) is 6.42. The normalized spacial score (nSPS) is 19.6. The molecule has 0 radical (unpaired) electrons. The predicted molar refractivity (Wildman–Crippen MR) is 191 cm³/mol. The molecule has 3 aromatic rings. The number of anilines is 1. The number of rotatable bonds is 10. The van der Waals surface area contributed by atoms with Crippen LogP contribution in [0.25, 0.3) is 0 Å². The number of fused-ring (bicyclic) bond motifs is 1. The average molecular weight is 704 g/mol. The van der Waals surface area contributed by atoms with Crippen molar-refractivity contribution >= 4 is 17.8 Å². The van der Waals surface area contributed by atoms with Crippen LogP contribution in [0.1, 0.15) is 88.8 Å². The maximum Gasteiger partial charge on any atom is 0.407 e. The molecule has 13 heteroatoms. The predicted octanol–water partition coefficient (Wildman–Crippen LogP) is 6.14. The van der Waals surface area contributed by atoms with Gasteiger partial charge in [-0.1, -0.05) is 0 Å². The second-order valence-corrected chi connectivity index (χ2v) is 14.9. The number of halogens is 1. The number of nitrogens with one attached hydrogen (secondary N) is 1. The standard InChI is InChI=1S/C38H50FN7O5/c1-7-46(24(2)3)36(47)29-18-25(39)8-9-32(29)50-34-21-40-23-42-35(34)44-15-11-28(12-16-44)49-33-10-14-41-31-13-17-45(22-30(31)33)27-19-26(20-27)43-37(48)51-38(4,5)6/h8-10,14,18,21,23-24,26-28H,7,11-13,15-17,19-20,22H2,1-6H3,(H,43,48). The summed E-state index contributed by atoms with van der Waals surface area (Å²) in [6.07, 6.45) is 8.73. The largest absolute Gasteiger partial charge is 0.490 e. The van der Waals surface area contributed by atoms with Crippen molar-refractivity contribution in [3.05, 3.63) is 65.6 Å². The first-order chi connectivity index (χ1) is 24.4. The minimum absolute atomic E-state index is 0.0119. The van der Waals surface area contributed by atoms with Crippen LogP contribution in [0.2, 0.25) is 0 Å². The Morgan fingerprint density at radius 3 is 2.53 bits per heavy atom. The summed E-state index contributed by atoms with van der Waals surface area (Å²) in [7, 11) is 0. The highest BCUT2D eigenvalue weighted by Gasteiger charge is 2.38. The molecule has 2 fully saturated rings. The topological polar surface area (TPSA) is 122 Å². The molecule has 6 rings (SSSR count). The number of carbonyl (C=O) groups is 2. The van der Waals surface area contributed by atoms with Gasteiger partial charge in [0.2, 0.25) is 0 Å². The summed E-state index contributed by atoms with van der Waals surface area (Å²) < 4.78 is 32.7. The number of piperidine rings is 1. The van der Waals surface area contributed by atoms with Crippen LogP contribution in [0.15, 0.2) is 43.0 Å². The molecule has 1 N–H and O–H groups in total. The van der Waals surface area contributed by atoms with Gasteiger partial charge in [0, 0.05) is 87.6 Å². The summed E-state index contributed by atoms with van der Waals surface area (Å²) in [5, 5.41) is 3.00. The molecule has 1 saturated carbocycles. The number of amides is 2. The Morgan fingerprint density at radius 1 is 1.06 bits per heavy atom. The van der Waals surface area contributed by atoms with E-state index >= 15 is 0 Å². The first-order valence-electron chi connectivity index (χ1n) is 18.1. The molecule has 2 aromatic heterocycles. The summed E-state index contributed by atoms with van der Waals surface area (Å²) >= 11 is 0. The van der Waals surface area contributed by atoms with Crippen molar-refractivity contribution in [2.75, 3.05) is 31.1 Å². The van der Waals surface area contributed by atoms with Gasteiger partial charge in [-0.15, -0.1) is 0 Å². The van der Waals surface area contributed by atoms with Gasteiger partial charge in [-0.2, -0.15) is 0 Å². The van der Waals surface area contributed by atoms with Crippen LogP contribution in [0, 0.1) is 5.82 Å². The third-order valence-electron chi connectivity index (χ3n) is 9.76. The van der Waals surface area contributed by atoms with Crippen LogP contribution in [0.5, 0.6) is 17.2 Å². The van der Waals surface area contributed by atoms with Crippen LogP contribution < -0.4 is 19.7 Å². The molecule has 0 unspecified atom stereocenters. The molecular formula is C38H50FN7O5. The average Bonchev–Trinajstić information content (AvgIpc) is 3.07. The first kappa shape index (κ1) is 36.3. The molecule has 1 aromatic carbocycles. The highest BCUT2D eigenvalue weighted by molar-refractivity contribution is 5.97. The third-order valence-corrected chi connectivity index (χ3v) is 9.76. The molecule has 12 nitrogen and oxygen atoms in total. The molecule has 2 amide bonds. The van der Waals surface area contributed by atoms with E-state index in [0.717, 1.165) is 62.2 Å². The molecule has 0 atom stereocenters. The Morgan fingerprint density at radius 2 is 1.82 bits per heavy atom. The maximum atomic E-state index is 14.3. The van der Waals surface area contributed by atoms with Crippen LogP contribution in [-0.2, 0) is 17.7 Å². The zero-order valence-corrected chi connectivity index (χ0v) is 30.5. The number of nitrogens with zero attached hydrogens (tertiary/aromatic N) is 6. The van der Waals surface area contributed by atoms with Gasteiger partial charge in [0.15, 0.2) is 11.6 Å². The van der Waals surface area contributed by atoms with Crippen LogP contribution in [0.4, 0.5) is 15.0 Å². The van der Waals surface area contributed by atoms with Gasteiger partial charge < -0.3 is 29.3 Å². The molecule has 274 valence electrons. The van der Waals surface area contributed by atoms with Crippen LogP contribution in [0.3, 0.4) is 0 Å². The summed E-state index contributed by atoms with van der Waals surface area (Å²) in [5.74, 6) is 1.33. The minimum Gasteiger partial charge on any atom is -0.490 e. The zero-order valence-electron chi connectivity index (χ0n) is 30.5. The molecule has 2 aliphatic heterocycles. The van der Waals surface area contributed by atoms with Gasteiger partial charge in [0.25, 0.3) is 5.91 Å². The lowest BCUT2D eigenvalue weighted by Crippen LogP contribution is -2.55. The first-order valence-corrected chi connectivity index (χ1v) is 18.1. The van der Waals surface area contributed by atoms with E-state index in [1.807, 2.05) is 53.8 Å². The van der Waals surface area contributed by atoms with E-state index in [1.54, 1.807) is 11.1 Å². The lowest BCUT2D eigenvalue weighted by molar-refractivity contribution is 0.0368. The van der Waals surface area contributed by atoms with Gasteiger partial charge in [-0.25, -0.2) is 19.2 Å². The van der Waals surface area contributed by atoms with E-state index in [0.29, 0.717) is 37.2 Å². The maximum absolute atomic E-state index is 14.3. The lowest BCUT2D eigenvalue weighted by Gasteiger charge is -2.45. The zero-order chi connectivity index (χ0) is 36.3. The van der Waals surface area contributed by atoms with Gasteiger partial charge in [0.05, 0.1) is 11.8 Å². The highest BCUT2D eigenvalue weighted by Crippen LogP contribution is 2.37. The Labute approximate surface area is 299 Å². The lowest BCUT2D eigenvalue weighted by atomic mass is 9.84. The molecule has 0 spiro atoms. The van der Waals surface area contributed by atoms with Crippen molar-refractivity contribution in [3.8, 4) is 17.2 Å².